The number of hydrogen-bond donors (Lipinski definition) is 3. The van der Waals surface area contributed by atoms with Gasteiger partial charge in [0.25, 0.3) is 0 Å². The molecule has 17 nitrogen and oxygen atoms in total. The molecule has 0 bridgehead atoms. The maximum atomic E-state index is 13.1. The summed E-state index contributed by atoms with van der Waals surface area (Å²) in [6, 6.07) is 0. The van der Waals surface area contributed by atoms with E-state index < -0.39 is 97.5 Å². The molecule has 0 radical (unpaired) electrons. The molecule has 0 fully saturated rings. The third-order valence-electron chi connectivity index (χ3n) is 16.6. The van der Waals surface area contributed by atoms with Gasteiger partial charge in [0.15, 0.2) is 12.2 Å². The topological polar surface area (TPSA) is 237 Å². The minimum Gasteiger partial charge on any atom is -0.462 e. The van der Waals surface area contributed by atoms with Crippen LogP contribution in [-0.2, 0) is 65.4 Å². The van der Waals surface area contributed by atoms with E-state index >= 15 is 0 Å². The van der Waals surface area contributed by atoms with Gasteiger partial charge in [0, 0.05) is 25.7 Å². The number of carbonyl (C=O) groups is 4. The molecule has 0 aromatic rings. The Morgan fingerprint density at radius 1 is 0.286 bits per heavy atom. The third-order valence-corrected chi connectivity index (χ3v) is 18.5. The zero-order valence-electron chi connectivity index (χ0n) is 62.2. The summed E-state index contributed by atoms with van der Waals surface area (Å²) in [7, 11) is -9.95. The summed E-state index contributed by atoms with van der Waals surface area (Å²) >= 11 is 0. The molecule has 0 aliphatic heterocycles. The van der Waals surface area contributed by atoms with Crippen molar-refractivity contribution in [3.8, 4) is 0 Å². The predicted molar refractivity (Wildman–Crippen MR) is 400 cm³/mol. The number of allylic oxidation sites excluding steroid dienone is 12. The number of hydrogen-bond acceptors (Lipinski definition) is 15. The summed E-state index contributed by atoms with van der Waals surface area (Å²) in [5.41, 5.74) is 0. The van der Waals surface area contributed by atoms with Crippen molar-refractivity contribution in [1.82, 2.24) is 0 Å². The molecule has 0 saturated carbocycles. The van der Waals surface area contributed by atoms with Gasteiger partial charge in [0.05, 0.1) is 26.4 Å². The Morgan fingerprint density at radius 2 is 0.500 bits per heavy atom. The highest BCUT2D eigenvalue weighted by Gasteiger charge is 2.30. The van der Waals surface area contributed by atoms with E-state index in [1.807, 2.05) is 0 Å². The monoisotopic (exact) mass is 1420 g/mol. The van der Waals surface area contributed by atoms with E-state index in [-0.39, 0.29) is 25.7 Å². The van der Waals surface area contributed by atoms with Gasteiger partial charge in [0.2, 0.25) is 0 Å². The van der Waals surface area contributed by atoms with Crippen LogP contribution < -0.4 is 0 Å². The van der Waals surface area contributed by atoms with Crippen LogP contribution in [0.15, 0.2) is 72.9 Å². The third kappa shape index (κ3) is 70.9. The molecule has 5 atom stereocenters. The highest BCUT2D eigenvalue weighted by atomic mass is 31.2. The molecular formula is C79H142O17P2. The van der Waals surface area contributed by atoms with E-state index in [0.29, 0.717) is 25.7 Å². The van der Waals surface area contributed by atoms with Crippen molar-refractivity contribution in [2.45, 2.75) is 367 Å². The Labute approximate surface area is 596 Å². The first-order valence-corrected chi connectivity index (χ1v) is 42.2. The minimum atomic E-state index is -4.98. The van der Waals surface area contributed by atoms with Crippen LogP contribution in [0.4, 0.5) is 0 Å². The predicted octanol–water partition coefficient (Wildman–Crippen LogP) is 22.4. The van der Waals surface area contributed by atoms with Crippen LogP contribution in [0, 0.1) is 0 Å². The fourth-order valence-electron chi connectivity index (χ4n) is 10.6. The van der Waals surface area contributed by atoms with Crippen molar-refractivity contribution < 1.29 is 80.2 Å². The van der Waals surface area contributed by atoms with Gasteiger partial charge in [0.1, 0.15) is 19.3 Å². The van der Waals surface area contributed by atoms with Crippen LogP contribution in [0.5, 0.6) is 0 Å². The van der Waals surface area contributed by atoms with E-state index in [2.05, 4.69) is 101 Å². The standard InChI is InChI=1S/C79H142O17P2/c1-5-9-13-17-21-25-29-33-36-40-44-48-52-56-60-64-77(82)90-70-75(96-79(84)66-62-58-54-50-46-42-38-35-31-27-23-19-15-11-7-3)72-94-98(87,88)92-68-73(80)67-91-97(85,86)93-71-74(69-89-76(81)63-59-55-51-47-43-39-32-28-24-20-16-12-8-4)95-78(83)65-61-57-53-49-45-41-37-34-30-26-22-18-14-10-6-2/h21,23,25,27-28,32-38,73-75,80H,5-20,22,24,26,29-31,39-72H2,1-4H3,(H,85,86)(H,87,88)/b25-21-,27-23-,32-28-,36-33-,37-34-,38-35-/t73-,74-,75-/m1/s1. The SMILES string of the molecule is CCCCC/C=C\C/C=C\CCCCCCCC(=O)OC[C@H](COP(=O)(O)OC[C@H](O)COP(=O)(O)OC[C@@H](COC(=O)CCCCCCC/C=C\CCCCCC)OC(=O)CCCCCCC/C=C\CCCCCCCC)OC(=O)CCCCCCC/C=C\C/C=C\CCCCC. The summed E-state index contributed by atoms with van der Waals surface area (Å²) in [6.45, 7) is 4.80. The van der Waals surface area contributed by atoms with Gasteiger partial charge in [-0.25, -0.2) is 9.13 Å². The van der Waals surface area contributed by atoms with Crippen molar-refractivity contribution >= 4 is 39.5 Å². The lowest BCUT2D eigenvalue weighted by Gasteiger charge is -2.21. The Hall–Kier alpha value is -3.50. The number of esters is 4. The summed E-state index contributed by atoms with van der Waals surface area (Å²) in [5, 5.41) is 10.6. The summed E-state index contributed by atoms with van der Waals surface area (Å²) in [4.78, 5) is 72.9. The number of ether oxygens (including phenoxy) is 4. The second-order valence-corrected chi connectivity index (χ2v) is 29.2. The smallest absolute Gasteiger partial charge is 0.462 e. The molecule has 0 aliphatic carbocycles. The van der Waals surface area contributed by atoms with Crippen molar-refractivity contribution in [3.63, 3.8) is 0 Å². The summed E-state index contributed by atoms with van der Waals surface area (Å²) in [5.74, 6) is -2.20. The number of aliphatic hydroxyl groups excluding tert-OH is 1. The molecule has 0 rings (SSSR count). The molecule has 2 unspecified atom stereocenters. The minimum absolute atomic E-state index is 0.0778. The molecule has 0 saturated heterocycles. The number of aliphatic hydroxyl groups is 1. The number of rotatable bonds is 74. The van der Waals surface area contributed by atoms with Gasteiger partial charge < -0.3 is 33.8 Å². The molecule has 0 spiro atoms. The molecule has 0 heterocycles. The van der Waals surface area contributed by atoms with Crippen LogP contribution in [0.3, 0.4) is 0 Å². The summed E-state index contributed by atoms with van der Waals surface area (Å²) in [6.07, 6.45) is 71.6. The normalized spacial score (nSPS) is 14.3. The fourth-order valence-corrected chi connectivity index (χ4v) is 12.1. The number of phosphoric ester groups is 2. The van der Waals surface area contributed by atoms with Gasteiger partial charge in [-0.15, -0.1) is 0 Å². The number of unbranched alkanes of at least 4 members (excludes halogenated alkanes) is 36. The Bertz CT molecular complexity index is 2140. The molecule has 3 N–H and O–H groups in total. The molecule has 0 amide bonds. The number of phosphoric acid groups is 2. The second kappa shape index (κ2) is 71.9. The summed E-state index contributed by atoms with van der Waals surface area (Å²) < 4.78 is 68.5. The largest absolute Gasteiger partial charge is 0.472 e. The average Bonchev–Trinajstić information content (AvgIpc) is 1.04. The Morgan fingerprint density at radius 3 is 0.796 bits per heavy atom. The van der Waals surface area contributed by atoms with Gasteiger partial charge in [-0.05, 0) is 141 Å². The lowest BCUT2D eigenvalue weighted by Crippen LogP contribution is -2.30. The first-order valence-electron chi connectivity index (χ1n) is 39.2. The van der Waals surface area contributed by atoms with E-state index in [1.54, 1.807) is 0 Å². The van der Waals surface area contributed by atoms with Crippen molar-refractivity contribution in [2.24, 2.45) is 0 Å². The van der Waals surface area contributed by atoms with E-state index in [0.717, 1.165) is 167 Å². The van der Waals surface area contributed by atoms with Crippen molar-refractivity contribution in [1.29, 1.82) is 0 Å². The number of carbonyl (C=O) groups excluding carboxylic acids is 4. The maximum absolute atomic E-state index is 13.1. The van der Waals surface area contributed by atoms with Gasteiger partial charge in [-0.2, -0.15) is 0 Å². The molecular weight excluding hydrogens is 1280 g/mol. The van der Waals surface area contributed by atoms with Crippen molar-refractivity contribution in [2.75, 3.05) is 39.6 Å². The molecule has 98 heavy (non-hydrogen) atoms. The van der Waals surface area contributed by atoms with E-state index in [4.69, 9.17) is 37.0 Å². The van der Waals surface area contributed by atoms with Crippen LogP contribution in [0.25, 0.3) is 0 Å². The molecule has 0 aromatic heterocycles. The average molecular weight is 1430 g/mol. The molecule has 570 valence electrons. The van der Waals surface area contributed by atoms with Gasteiger partial charge in [-0.3, -0.25) is 37.3 Å². The first kappa shape index (κ1) is 94.5. The molecule has 19 heteroatoms. The molecule has 0 aromatic carbocycles. The Kier molecular flexibility index (Phi) is 69.3. The maximum Gasteiger partial charge on any atom is 0.472 e. The van der Waals surface area contributed by atoms with Crippen LogP contribution in [0.2, 0.25) is 0 Å². The Balaban J connectivity index is 5.37. The lowest BCUT2D eigenvalue weighted by molar-refractivity contribution is -0.161. The van der Waals surface area contributed by atoms with Crippen LogP contribution >= 0.6 is 15.6 Å². The highest BCUT2D eigenvalue weighted by Crippen LogP contribution is 2.45. The van der Waals surface area contributed by atoms with E-state index in [9.17, 15) is 43.2 Å². The quantitative estimate of drug-likeness (QED) is 0.0169. The van der Waals surface area contributed by atoms with E-state index in [1.165, 1.54) is 103 Å². The first-order chi connectivity index (χ1) is 47.7. The highest BCUT2D eigenvalue weighted by molar-refractivity contribution is 7.47. The second-order valence-electron chi connectivity index (χ2n) is 26.3. The zero-order chi connectivity index (χ0) is 71.8. The van der Waals surface area contributed by atoms with Gasteiger partial charge in [-0.1, -0.05) is 255 Å². The van der Waals surface area contributed by atoms with Crippen LogP contribution in [0.1, 0.15) is 349 Å². The van der Waals surface area contributed by atoms with Gasteiger partial charge >= 0.3 is 39.5 Å². The van der Waals surface area contributed by atoms with Crippen molar-refractivity contribution in [3.05, 3.63) is 72.9 Å². The fraction of sp³-hybridized carbons (Fsp3) is 0.797. The molecule has 0 aliphatic rings. The van der Waals surface area contributed by atoms with Crippen LogP contribution in [-0.4, -0.2) is 96.7 Å². The zero-order valence-corrected chi connectivity index (χ0v) is 64.0. The lowest BCUT2D eigenvalue weighted by atomic mass is 10.1.